The van der Waals surface area contributed by atoms with E-state index in [0.29, 0.717) is 17.4 Å². The Hall–Kier alpha value is -2.66. The Balaban J connectivity index is 1.59. The predicted octanol–water partition coefficient (Wildman–Crippen LogP) is 2.47. The lowest BCUT2D eigenvalue weighted by atomic mass is 10.3. The van der Waals surface area contributed by atoms with Gasteiger partial charge >= 0.3 is 5.97 Å². The summed E-state index contributed by atoms with van der Waals surface area (Å²) in [5, 5.41) is 0. The number of rotatable bonds is 4. The molecular weight excluding hydrogens is 282 g/mol. The molecule has 3 rings (SSSR count). The van der Waals surface area contributed by atoms with Gasteiger partial charge in [0.05, 0.1) is 0 Å². The Morgan fingerprint density at radius 2 is 1.45 bits per heavy atom. The van der Waals surface area contributed by atoms with Crippen LogP contribution in [0.15, 0.2) is 65.7 Å². The van der Waals surface area contributed by atoms with E-state index in [2.05, 4.69) is 4.99 Å². The van der Waals surface area contributed by atoms with Gasteiger partial charge in [0.1, 0.15) is 11.5 Å². The third kappa shape index (κ3) is 3.32. The molecule has 0 N–H and O–H groups in total. The van der Waals surface area contributed by atoms with E-state index in [1.807, 2.05) is 36.4 Å². The zero-order valence-corrected chi connectivity index (χ0v) is 12.0. The Morgan fingerprint density at radius 3 is 2.00 bits per heavy atom. The van der Waals surface area contributed by atoms with Crippen LogP contribution in [0.2, 0.25) is 0 Å². The van der Waals surface area contributed by atoms with Crippen LogP contribution in [-0.2, 0) is 9.53 Å². The second-order valence-electron chi connectivity index (χ2n) is 4.69. The summed E-state index contributed by atoms with van der Waals surface area (Å²) < 4.78 is 16.2. The number of aliphatic imine (C=N–C) groups is 1. The maximum absolute atomic E-state index is 12.0. The second kappa shape index (κ2) is 6.41. The van der Waals surface area contributed by atoms with E-state index in [1.165, 1.54) is 0 Å². The first kappa shape index (κ1) is 14.3. The van der Waals surface area contributed by atoms with E-state index >= 15 is 0 Å². The first-order chi connectivity index (χ1) is 10.8. The largest absolute Gasteiger partial charge is 0.440 e. The minimum absolute atomic E-state index is 0.362. The van der Waals surface area contributed by atoms with Crippen molar-refractivity contribution in [3.8, 4) is 11.5 Å². The molecule has 1 aliphatic heterocycles. The van der Waals surface area contributed by atoms with Gasteiger partial charge in [0.15, 0.2) is 12.2 Å². The molecule has 0 spiro atoms. The normalized spacial score (nSPS) is 20.3. The van der Waals surface area contributed by atoms with Gasteiger partial charge < -0.3 is 14.2 Å². The van der Waals surface area contributed by atoms with Crippen LogP contribution in [0.5, 0.6) is 11.5 Å². The van der Waals surface area contributed by atoms with Crippen LogP contribution in [0.25, 0.3) is 0 Å². The molecule has 2 aromatic carbocycles. The van der Waals surface area contributed by atoms with Crippen LogP contribution in [0.4, 0.5) is 0 Å². The fourth-order valence-electron chi connectivity index (χ4n) is 1.98. The van der Waals surface area contributed by atoms with Gasteiger partial charge in [-0.2, -0.15) is 0 Å². The van der Waals surface area contributed by atoms with Crippen molar-refractivity contribution < 1.29 is 19.0 Å². The summed E-state index contributed by atoms with van der Waals surface area (Å²) in [6.45, 7) is 0. The molecule has 1 aliphatic rings. The van der Waals surface area contributed by atoms with Crippen molar-refractivity contribution in [2.75, 3.05) is 7.05 Å². The quantitative estimate of drug-likeness (QED) is 0.286. The molecule has 22 heavy (non-hydrogen) atoms. The molecular formula is C17H15NO4. The predicted molar refractivity (Wildman–Crippen MR) is 81.2 cm³/mol. The van der Waals surface area contributed by atoms with Gasteiger partial charge in [-0.25, -0.2) is 4.79 Å². The third-order valence-electron chi connectivity index (χ3n) is 3.11. The standard InChI is InChI=1S/C17H15NO4/c1-18-16(20-12-8-4-2-5-9-12)14-15(22-14)17(19)21-13-10-6-3-7-11-13/h2-11,14-15H,1H3. The molecule has 1 saturated heterocycles. The molecule has 5 nitrogen and oxygen atoms in total. The molecule has 0 amide bonds. The highest BCUT2D eigenvalue weighted by atomic mass is 16.7. The average molecular weight is 297 g/mol. The van der Waals surface area contributed by atoms with E-state index in [4.69, 9.17) is 14.2 Å². The highest BCUT2D eigenvalue weighted by Crippen LogP contribution is 2.27. The molecule has 1 fully saturated rings. The van der Waals surface area contributed by atoms with Crippen LogP contribution in [0.1, 0.15) is 0 Å². The molecule has 0 bridgehead atoms. The summed E-state index contributed by atoms with van der Waals surface area (Å²) in [7, 11) is 1.60. The number of esters is 1. The van der Waals surface area contributed by atoms with Crippen molar-refractivity contribution in [3.63, 3.8) is 0 Å². The number of epoxide rings is 1. The highest BCUT2D eigenvalue weighted by molar-refractivity contribution is 5.94. The molecule has 2 aromatic rings. The van der Waals surface area contributed by atoms with Gasteiger partial charge in [-0.1, -0.05) is 36.4 Å². The summed E-state index contributed by atoms with van der Waals surface area (Å²) in [5.74, 6) is 1.05. The monoisotopic (exact) mass is 297 g/mol. The molecule has 1 heterocycles. The van der Waals surface area contributed by atoms with Gasteiger partial charge in [-0.15, -0.1) is 0 Å². The number of carbonyl (C=O) groups is 1. The van der Waals surface area contributed by atoms with Crippen molar-refractivity contribution in [1.82, 2.24) is 0 Å². The zero-order chi connectivity index (χ0) is 15.4. The second-order valence-corrected chi connectivity index (χ2v) is 4.69. The lowest BCUT2D eigenvalue weighted by molar-refractivity contribution is -0.135. The summed E-state index contributed by atoms with van der Waals surface area (Å²) in [6.07, 6.45) is -1.18. The molecule has 0 aliphatic carbocycles. The van der Waals surface area contributed by atoms with Gasteiger partial charge in [0, 0.05) is 7.05 Å². The third-order valence-corrected chi connectivity index (χ3v) is 3.11. The van der Waals surface area contributed by atoms with Gasteiger partial charge in [-0.3, -0.25) is 4.99 Å². The van der Waals surface area contributed by atoms with Crippen LogP contribution in [-0.4, -0.2) is 31.1 Å². The maximum Gasteiger partial charge on any atom is 0.344 e. The summed E-state index contributed by atoms with van der Waals surface area (Å²) in [6, 6.07) is 18.1. The number of ether oxygens (including phenoxy) is 3. The summed E-state index contributed by atoms with van der Waals surface area (Å²) in [4.78, 5) is 16.0. The van der Waals surface area contributed by atoms with Crippen molar-refractivity contribution in [2.24, 2.45) is 4.99 Å². The van der Waals surface area contributed by atoms with E-state index in [1.54, 1.807) is 31.3 Å². The Morgan fingerprint density at radius 1 is 0.909 bits per heavy atom. The fraction of sp³-hybridized carbons (Fsp3) is 0.176. The van der Waals surface area contributed by atoms with Crippen LogP contribution < -0.4 is 9.47 Å². The molecule has 112 valence electrons. The topological polar surface area (TPSA) is 60.4 Å². The Kier molecular flexibility index (Phi) is 4.16. The lowest BCUT2D eigenvalue weighted by Gasteiger charge is -2.05. The minimum atomic E-state index is -0.678. The van der Waals surface area contributed by atoms with Crippen molar-refractivity contribution in [1.29, 1.82) is 0 Å². The Labute approximate surface area is 128 Å². The number of nitrogens with zero attached hydrogens (tertiary/aromatic N) is 1. The first-order valence-corrected chi connectivity index (χ1v) is 6.89. The molecule has 0 radical (unpaired) electrons. The van der Waals surface area contributed by atoms with Crippen molar-refractivity contribution in [3.05, 3.63) is 60.7 Å². The van der Waals surface area contributed by atoms with E-state index in [9.17, 15) is 4.79 Å². The molecule has 0 aromatic heterocycles. The average Bonchev–Trinajstić information content (AvgIpc) is 3.35. The number of carbonyl (C=O) groups excluding carboxylic acids is 1. The Bertz CT molecular complexity index is 670. The van der Waals surface area contributed by atoms with Gasteiger partial charge in [-0.05, 0) is 24.3 Å². The van der Waals surface area contributed by atoms with Crippen LogP contribution in [0, 0.1) is 0 Å². The SMILES string of the molecule is CN=C(Oc1ccccc1)C1OC1C(=O)Oc1ccccc1. The molecule has 0 saturated carbocycles. The first-order valence-electron chi connectivity index (χ1n) is 6.89. The van der Waals surface area contributed by atoms with E-state index in [0.717, 1.165) is 0 Å². The minimum Gasteiger partial charge on any atom is -0.440 e. The zero-order valence-electron chi connectivity index (χ0n) is 12.0. The summed E-state index contributed by atoms with van der Waals surface area (Å²) >= 11 is 0. The maximum atomic E-state index is 12.0. The van der Waals surface area contributed by atoms with Crippen molar-refractivity contribution in [2.45, 2.75) is 12.2 Å². The van der Waals surface area contributed by atoms with Crippen molar-refractivity contribution >= 4 is 11.9 Å². The van der Waals surface area contributed by atoms with E-state index < -0.39 is 18.2 Å². The number of para-hydroxylation sites is 2. The molecule has 2 unspecified atom stereocenters. The van der Waals surface area contributed by atoms with Gasteiger partial charge in [0.25, 0.3) is 0 Å². The lowest BCUT2D eigenvalue weighted by Crippen LogP contribution is -2.24. The smallest absolute Gasteiger partial charge is 0.344 e. The highest BCUT2D eigenvalue weighted by Gasteiger charge is 2.51. The number of hydrogen-bond acceptors (Lipinski definition) is 5. The fourth-order valence-corrected chi connectivity index (χ4v) is 1.98. The molecule has 5 heteroatoms. The van der Waals surface area contributed by atoms with E-state index in [-0.39, 0.29) is 0 Å². The molecule has 2 atom stereocenters. The van der Waals surface area contributed by atoms with Gasteiger partial charge in [0.2, 0.25) is 5.90 Å². The van der Waals surface area contributed by atoms with Crippen LogP contribution in [0.3, 0.4) is 0 Å². The number of hydrogen-bond donors (Lipinski definition) is 0. The number of benzene rings is 2. The summed E-state index contributed by atoms with van der Waals surface area (Å²) in [5.41, 5.74) is 0. The van der Waals surface area contributed by atoms with Crippen LogP contribution >= 0.6 is 0 Å².